The molecule has 6 nitrogen and oxygen atoms in total. The Labute approximate surface area is 128 Å². The zero-order valence-corrected chi connectivity index (χ0v) is 12.7. The standard InChI is InChI=1S/C16H19N3O3/c1-10-6-8-12(9-7-10)11(2)19-16(22)18-13(15(20)21)4-3-5-14(18)17-19/h6-9,11,13H,3-5H2,1-2H3,(H,20,21)/t11?,13-/m0/s1. The van der Waals surface area contributed by atoms with Crippen molar-refractivity contribution in [1.82, 2.24) is 14.3 Å². The number of benzene rings is 1. The molecule has 0 bridgehead atoms. The van der Waals surface area contributed by atoms with E-state index in [1.807, 2.05) is 38.1 Å². The van der Waals surface area contributed by atoms with Gasteiger partial charge in [0.1, 0.15) is 11.9 Å². The number of carboxylic acids is 1. The summed E-state index contributed by atoms with van der Waals surface area (Å²) in [7, 11) is 0. The topological polar surface area (TPSA) is 77.1 Å². The summed E-state index contributed by atoms with van der Waals surface area (Å²) in [6, 6.07) is 6.91. The Bertz CT molecular complexity index is 758. The van der Waals surface area contributed by atoms with Gasteiger partial charge in [-0.05, 0) is 32.3 Å². The molecule has 2 aromatic rings. The van der Waals surface area contributed by atoms with Crippen LogP contribution in [-0.2, 0) is 11.2 Å². The lowest BCUT2D eigenvalue weighted by Crippen LogP contribution is -2.35. The summed E-state index contributed by atoms with van der Waals surface area (Å²) in [5, 5.41) is 13.7. The molecule has 0 radical (unpaired) electrons. The van der Waals surface area contributed by atoms with E-state index in [0.717, 1.165) is 17.5 Å². The van der Waals surface area contributed by atoms with Crippen LogP contribution in [0.1, 0.15) is 48.8 Å². The van der Waals surface area contributed by atoms with Gasteiger partial charge in [0.25, 0.3) is 0 Å². The molecule has 1 aromatic carbocycles. The highest BCUT2D eigenvalue weighted by Crippen LogP contribution is 2.23. The minimum atomic E-state index is -0.967. The van der Waals surface area contributed by atoms with E-state index >= 15 is 0 Å². The number of hydrogen-bond acceptors (Lipinski definition) is 3. The normalized spacial score (nSPS) is 18.7. The lowest BCUT2D eigenvalue weighted by molar-refractivity contribution is -0.141. The second-order valence-electron chi connectivity index (χ2n) is 5.85. The van der Waals surface area contributed by atoms with Crippen molar-refractivity contribution < 1.29 is 9.90 Å². The molecule has 2 atom stereocenters. The third-order valence-electron chi connectivity index (χ3n) is 4.30. The van der Waals surface area contributed by atoms with Crippen LogP contribution in [0.25, 0.3) is 0 Å². The fourth-order valence-corrected chi connectivity index (χ4v) is 2.97. The Kier molecular flexibility index (Phi) is 3.60. The Hall–Kier alpha value is -2.37. The monoisotopic (exact) mass is 301 g/mol. The molecule has 1 N–H and O–H groups in total. The molecule has 0 fully saturated rings. The molecule has 2 heterocycles. The first kappa shape index (κ1) is 14.6. The van der Waals surface area contributed by atoms with Crippen molar-refractivity contribution >= 4 is 5.97 Å². The summed E-state index contributed by atoms with van der Waals surface area (Å²) in [4.78, 5) is 24.0. The number of nitrogens with zero attached hydrogens (tertiary/aromatic N) is 3. The molecule has 0 amide bonds. The van der Waals surface area contributed by atoms with Crippen molar-refractivity contribution in [2.45, 2.75) is 45.2 Å². The maximum atomic E-state index is 12.6. The molecule has 0 saturated heterocycles. The molecular formula is C16H19N3O3. The van der Waals surface area contributed by atoms with Gasteiger partial charge in [0.15, 0.2) is 0 Å². The van der Waals surface area contributed by atoms with Gasteiger partial charge in [-0.15, -0.1) is 0 Å². The lowest BCUT2D eigenvalue weighted by Gasteiger charge is -2.19. The van der Waals surface area contributed by atoms with Gasteiger partial charge in [-0.1, -0.05) is 29.8 Å². The summed E-state index contributed by atoms with van der Waals surface area (Å²) in [6.45, 7) is 3.91. The van der Waals surface area contributed by atoms with E-state index in [1.54, 1.807) is 0 Å². The van der Waals surface area contributed by atoms with Gasteiger partial charge in [-0.3, -0.25) is 4.57 Å². The number of aryl methyl sites for hydroxylation is 2. The summed E-state index contributed by atoms with van der Waals surface area (Å²) in [6.07, 6.45) is 1.87. The van der Waals surface area contributed by atoms with E-state index in [1.165, 1.54) is 9.25 Å². The van der Waals surface area contributed by atoms with Crippen molar-refractivity contribution in [2.75, 3.05) is 0 Å². The molecule has 6 heteroatoms. The van der Waals surface area contributed by atoms with Crippen LogP contribution in [0.15, 0.2) is 29.1 Å². The summed E-state index contributed by atoms with van der Waals surface area (Å²) < 4.78 is 2.75. The van der Waals surface area contributed by atoms with E-state index in [-0.39, 0.29) is 11.7 Å². The highest BCUT2D eigenvalue weighted by molar-refractivity contribution is 5.72. The quantitative estimate of drug-likeness (QED) is 0.939. The number of carbonyl (C=O) groups is 1. The predicted octanol–water partition coefficient (Wildman–Crippen LogP) is 1.92. The summed E-state index contributed by atoms with van der Waals surface area (Å²) >= 11 is 0. The minimum Gasteiger partial charge on any atom is -0.480 e. The van der Waals surface area contributed by atoms with Gasteiger partial charge in [-0.25, -0.2) is 14.3 Å². The number of aliphatic carboxylic acids is 1. The maximum Gasteiger partial charge on any atom is 0.347 e. The van der Waals surface area contributed by atoms with Gasteiger partial charge in [0.05, 0.1) is 6.04 Å². The highest BCUT2D eigenvalue weighted by Gasteiger charge is 2.31. The van der Waals surface area contributed by atoms with Crippen LogP contribution in [-0.4, -0.2) is 25.4 Å². The Morgan fingerprint density at radius 3 is 2.68 bits per heavy atom. The molecule has 0 saturated carbocycles. The first-order valence-corrected chi connectivity index (χ1v) is 7.48. The van der Waals surface area contributed by atoms with E-state index in [2.05, 4.69) is 5.10 Å². The number of carboxylic acid groups (broad SMARTS) is 1. The van der Waals surface area contributed by atoms with Crippen LogP contribution in [0.5, 0.6) is 0 Å². The van der Waals surface area contributed by atoms with Crippen LogP contribution in [0.3, 0.4) is 0 Å². The first-order chi connectivity index (χ1) is 10.5. The van der Waals surface area contributed by atoms with Crippen LogP contribution in [0.4, 0.5) is 0 Å². The molecule has 1 aliphatic rings. The Morgan fingerprint density at radius 2 is 2.05 bits per heavy atom. The number of hydrogen-bond donors (Lipinski definition) is 1. The smallest absolute Gasteiger partial charge is 0.347 e. The molecule has 116 valence electrons. The second-order valence-corrected chi connectivity index (χ2v) is 5.85. The maximum absolute atomic E-state index is 12.6. The zero-order chi connectivity index (χ0) is 15.9. The summed E-state index contributed by atoms with van der Waals surface area (Å²) in [5.41, 5.74) is 1.79. The highest BCUT2D eigenvalue weighted by atomic mass is 16.4. The van der Waals surface area contributed by atoms with Gasteiger partial charge in [0.2, 0.25) is 0 Å². The SMILES string of the molecule is Cc1ccc(C(C)n2nc3n(c2=O)[C@H](C(=O)O)CCC3)cc1. The summed E-state index contributed by atoms with van der Waals surface area (Å²) in [5.74, 6) is -0.395. The van der Waals surface area contributed by atoms with Crippen molar-refractivity contribution in [1.29, 1.82) is 0 Å². The molecule has 1 unspecified atom stereocenters. The average Bonchev–Trinajstić information content (AvgIpc) is 2.84. The number of aromatic nitrogens is 3. The minimum absolute atomic E-state index is 0.222. The first-order valence-electron chi connectivity index (χ1n) is 7.48. The molecule has 0 spiro atoms. The molecule has 3 rings (SSSR count). The molecular weight excluding hydrogens is 282 g/mol. The molecule has 1 aromatic heterocycles. The van der Waals surface area contributed by atoms with E-state index < -0.39 is 12.0 Å². The molecule has 22 heavy (non-hydrogen) atoms. The molecule has 1 aliphatic heterocycles. The van der Waals surface area contributed by atoms with Gasteiger partial charge >= 0.3 is 11.7 Å². The largest absolute Gasteiger partial charge is 0.480 e. The third-order valence-corrected chi connectivity index (χ3v) is 4.30. The van der Waals surface area contributed by atoms with Crippen LogP contribution in [0.2, 0.25) is 0 Å². The van der Waals surface area contributed by atoms with Gasteiger partial charge in [0, 0.05) is 6.42 Å². The number of fused-ring (bicyclic) bond motifs is 1. The average molecular weight is 301 g/mol. The van der Waals surface area contributed by atoms with Crippen molar-refractivity contribution in [2.24, 2.45) is 0 Å². The predicted molar refractivity (Wildman–Crippen MR) is 81.1 cm³/mol. The van der Waals surface area contributed by atoms with Crippen molar-refractivity contribution in [3.05, 3.63) is 51.7 Å². The number of rotatable bonds is 3. The van der Waals surface area contributed by atoms with E-state index in [9.17, 15) is 14.7 Å². The fourth-order valence-electron chi connectivity index (χ4n) is 2.97. The van der Waals surface area contributed by atoms with Crippen LogP contribution >= 0.6 is 0 Å². The van der Waals surface area contributed by atoms with Crippen LogP contribution in [0, 0.1) is 6.92 Å². The Morgan fingerprint density at radius 1 is 1.36 bits per heavy atom. The molecule has 0 aliphatic carbocycles. The zero-order valence-electron chi connectivity index (χ0n) is 12.7. The van der Waals surface area contributed by atoms with Crippen molar-refractivity contribution in [3.63, 3.8) is 0 Å². The van der Waals surface area contributed by atoms with Crippen molar-refractivity contribution in [3.8, 4) is 0 Å². The van der Waals surface area contributed by atoms with Gasteiger partial charge in [-0.2, -0.15) is 5.10 Å². The third kappa shape index (κ3) is 2.34. The Balaban J connectivity index is 2.04. The lowest BCUT2D eigenvalue weighted by atomic mass is 10.1. The second kappa shape index (κ2) is 5.44. The van der Waals surface area contributed by atoms with Crippen LogP contribution < -0.4 is 5.69 Å². The fraction of sp³-hybridized carbons (Fsp3) is 0.438. The van der Waals surface area contributed by atoms with E-state index in [4.69, 9.17) is 0 Å². The van der Waals surface area contributed by atoms with E-state index in [0.29, 0.717) is 18.7 Å². The van der Waals surface area contributed by atoms with Gasteiger partial charge < -0.3 is 5.11 Å².